The quantitative estimate of drug-likeness (QED) is 0.489. The molecule has 1 aromatic heterocycles. The van der Waals surface area contributed by atoms with E-state index in [2.05, 4.69) is 72.8 Å². The second-order valence-electron chi connectivity index (χ2n) is 7.30. The first-order chi connectivity index (χ1) is 12.4. The van der Waals surface area contributed by atoms with E-state index in [1.807, 2.05) is 18.2 Å². The summed E-state index contributed by atoms with van der Waals surface area (Å²) in [7, 11) is 0. The predicted molar refractivity (Wildman–Crippen MR) is 111 cm³/mol. The molecular formula is C21H24ClN3S. The van der Waals surface area contributed by atoms with Gasteiger partial charge in [-0.3, -0.25) is 0 Å². The molecule has 0 fully saturated rings. The van der Waals surface area contributed by atoms with Crippen molar-refractivity contribution >= 4 is 23.4 Å². The molecular weight excluding hydrogens is 362 g/mol. The summed E-state index contributed by atoms with van der Waals surface area (Å²) >= 11 is 7.76. The van der Waals surface area contributed by atoms with Crippen LogP contribution in [0.2, 0.25) is 5.02 Å². The second-order valence-corrected chi connectivity index (χ2v) is 8.68. The van der Waals surface area contributed by atoms with Crippen LogP contribution in [-0.2, 0) is 17.7 Å². The number of halogens is 1. The Morgan fingerprint density at radius 2 is 1.77 bits per heavy atom. The predicted octanol–water partition coefficient (Wildman–Crippen LogP) is 6.21. The Kier molecular flexibility index (Phi) is 5.73. The lowest BCUT2D eigenvalue weighted by molar-refractivity contribution is 0.590. The third kappa shape index (κ3) is 4.30. The summed E-state index contributed by atoms with van der Waals surface area (Å²) in [6, 6.07) is 16.6. The molecule has 0 unspecified atom stereocenters. The molecule has 0 atom stereocenters. The van der Waals surface area contributed by atoms with E-state index >= 15 is 0 Å². The van der Waals surface area contributed by atoms with Gasteiger partial charge < -0.3 is 4.57 Å². The monoisotopic (exact) mass is 385 g/mol. The van der Waals surface area contributed by atoms with Crippen LogP contribution < -0.4 is 0 Å². The fourth-order valence-electron chi connectivity index (χ4n) is 2.79. The zero-order chi connectivity index (χ0) is 18.7. The Bertz CT molecular complexity index is 879. The maximum atomic E-state index is 6.07. The number of nitrogens with zero attached hydrogens (tertiary/aromatic N) is 3. The molecule has 1 heterocycles. The molecule has 136 valence electrons. The van der Waals surface area contributed by atoms with Gasteiger partial charge in [-0.25, -0.2) is 0 Å². The van der Waals surface area contributed by atoms with E-state index in [4.69, 9.17) is 11.6 Å². The Morgan fingerprint density at radius 1 is 1.04 bits per heavy atom. The van der Waals surface area contributed by atoms with Gasteiger partial charge in [0.15, 0.2) is 11.0 Å². The van der Waals surface area contributed by atoms with Gasteiger partial charge >= 0.3 is 0 Å². The van der Waals surface area contributed by atoms with Crippen LogP contribution in [0, 0.1) is 0 Å². The molecule has 26 heavy (non-hydrogen) atoms. The van der Waals surface area contributed by atoms with Crippen molar-refractivity contribution in [2.45, 2.75) is 50.6 Å². The molecule has 3 nitrogen and oxygen atoms in total. The van der Waals surface area contributed by atoms with Gasteiger partial charge in [0.2, 0.25) is 0 Å². The van der Waals surface area contributed by atoms with Crippen molar-refractivity contribution in [1.82, 2.24) is 14.8 Å². The maximum Gasteiger partial charge on any atom is 0.191 e. The Morgan fingerprint density at radius 3 is 2.38 bits per heavy atom. The molecule has 0 saturated carbocycles. The van der Waals surface area contributed by atoms with E-state index < -0.39 is 0 Å². The highest BCUT2D eigenvalue weighted by Gasteiger charge is 2.16. The zero-order valence-electron chi connectivity index (χ0n) is 15.7. The first-order valence-electron chi connectivity index (χ1n) is 8.80. The highest BCUT2D eigenvalue weighted by atomic mass is 35.5. The van der Waals surface area contributed by atoms with E-state index in [0.717, 1.165) is 33.9 Å². The summed E-state index contributed by atoms with van der Waals surface area (Å²) < 4.78 is 2.17. The molecule has 0 aliphatic heterocycles. The largest absolute Gasteiger partial charge is 0.302 e. The molecule has 0 aliphatic carbocycles. The van der Waals surface area contributed by atoms with E-state index in [1.54, 1.807) is 11.8 Å². The van der Waals surface area contributed by atoms with E-state index in [1.165, 1.54) is 11.1 Å². The summed E-state index contributed by atoms with van der Waals surface area (Å²) in [6.07, 6.45) is 0. The number of thioether (sulfide) groups is 1. The van der Waals surface area contributed by atoms with Crippen LogP contribution in [0.4, 0.5) is 0 Å². The third-order valence-corrected chi connectivity index (χ3v) is 5.57. The number of aromatic nitrogens is 3. The fourth-order valence-corrected chi connectivity index (χ4v) is 3.95. The minimum Gasteiger partial charge on any atom is -0.302 e. The lowest BCUT2D eigenvalue weighted by Crippen LogP contribution is -2.10. The fraction of sp³-hybridized carbons (Fsp3) is 0.333. The average Bonchev–Trinajstić information content (AvgIpc) is 3.02. The van der Waals surface area contributed by atoms with Crippen LogP contribution in [0.25, 0.3) is 11.4 Å². The zero-order valence-corrected chi connectivity index (χ0v) is 17.2. The van der Waals surface area contributed by atoms with Crippen molar-refractivity contribution in [3.05, 3.63) is 64.7 Å². The van der Waals surface area contributed by atoms with Gasteiger partial charge in [0, 0.05) is 22.9 Å². The van der Waals surface area contributed by atoms with Crippen molar-refractivity contribution in [3.63, 3.8) is 0 Å². The van der Waals surface area contributed by atoms with Crippen molar-refractivity contribution in [3.8, 4) is 11.4 Å². The normalized spacial score (nSPS) is 11.7. The van der Waals surface area contributed by atoms with E-state index in [-0.39, 0.29) is 5.41 Å². The molecule has 0 spiro atoms. The number of rotatable bonds is 5. The van der Waals surface area contributed by atoms with Gasteiger partial charge in [0.25, 0.3) is 0 Å². The number of benzene rings is 2. The van der Waals surface area contributed by atoms with Crippen LogP contribution in [0.5, 0.6) is 0 Å². The Labute approximate surface area is 164 Å². The number of hydrogen-bond donors (Lipinski definition) is 0. The summed E-state index contributed by atoms with van der Waals surface area (Å²) in [5.74, 6) is 1.74. The van der Waals surface area contributed by atoms with Gasteiger partial charge in [0.1, 0.15) is 0 Å². The van der Waals surface area contributed by atoms with E-state index in [9.17, 15) is 0 Å². The minimum absolute atomic E-state index is 0.148. The van der Waals surface area contributed by atoms with Gasteiger partial charge in [-0.2, -0.15) is 0 Å². The maximum absolute atomic E-state index is 6.07. The molecule has 0 radical (unpaired) electrons. The Hall–Kier alpha value is -1.78. The SMILES string of the molecule is CCn1c(SCc2cccc(Cl)c2)nnc1-c1ccc(C(C)(C)C)cc1. The molecule has 2 aromatic carbocycles. The smallest absolute Gasteiger partial charge is 0.191 e. The molecule has 0 aliphatic rings. The standard InChI is InChI=1S/C21H24ClN3S/c1-5-25-19(16-9-11-17(12-10-16)21(2,3)4)23-24-20(25)26-14-15-7-6-8-18(22)13-15/h6-13H,5,14H2,1-4H3. The average molecular weight is 386 g/mol. The number of hydrogen-bond acceptors (Lipinski definition) is 3. The van der Waals surface area contributed by atoms with Gasteiger partial charge in [-0.05, 0) is 35.6 Å². The lowest BCUT2D eigenvalue weighted by Gasteiger charge is -2.19. The molecule has 3 rings (SSSR count). The summed E-state index contributed by atoms with van der Waals surface area (Å²) in [5.41, 5.74) is 3.75. The lowest BCUT2D eigenvalue weighted by atomic mass is 9.87. The third-order valence-electron chi connectivity index (χ3n) is 4.30. The van der Waals surface area contributed by atoms with E-state index in [0.29, 0.717) is 0 Å². The van der Waals surface area contributed by atoms with Crippen molar-refractivity contribution < 1.29 is 0 Å². The second kappa shape index (κ2) is 7.85. The van der Waals surface area contributed by atoms with Crippen molar-refractivity contribution in [2.24, 2.45) is 0 Å². The first-order valence-corrected chi connectivity index (χ1v) is 10.2. The molecule has 0 saturated heterocycles. The van der Waals surface area contributed by atoms with Gasteiger partial charge in [0.05, 0.1) is 0 Å². The molecule has 5 heteroatoms. The van der Waals surface area contributed by atoms with Crippen LogP contribution in [-0.4, -0.2) is 14.8 Å². The summed E-state index contributed by atoms with van der Waals surface area (Å²) in [5, 5.41) is 10.6. The molecule has 0 bridgehead atoms. The van der Waals surface area contributed by atoms with Gasteiger partial charge in [-0.15, -0.1) is 10.2 Å². The van der Waals surface area contributed by atoms with Gasteiger partial charge in [-0.1, -0.05) is 80.5 Å². The van der Waals surface area contributed by atoms with Crippen molar-refractivity contribution in [2.75, 3.05) is 0 Å². The summed E-state index contributed by atoms with van der Waals surface area (Å²) in [6.45, 7) is 9.63. The first kappa shape index (κ1) is 19.0. The molecule has 3 aromatic rings. The highest BCUT2D eigenvalue weighted by molar-refractivity contribution is 7.98. The van der Waals surface area contributed by atoms with Crippen LogP contribution >= 0.6 is 23.4 Å². The Balaban J connectivity index is 1.81. The van der Waals surface area contributed by atoms with Crippen LogP contribution in [0.15, 0.2) is 53.7 Å². The topological polar surface area (TPSA) is 30.7 Å². The molecule has 0 N–H and O–H groups in total. The van der Waals surface area contributed by atoms with Crippen LogP contribution in [0.1, 0.15) is 38.8 Å². The van der Waals surface area contributed by atoms with Crippen LogP contribution in [0.3, 0.4) is 0 Å². The minimum atomic E-state index is 0.148. The summed E-state index contributed by atoms with van der Waals surface area (Å²) in [4.78, 5) is 0. The highest BCUT2D eigenvalue weighted by Crippen LogP contribution is 2.29. The van der Waals surface area contributed by atoms with Crippen molar-refractivity contribution in [1.29, 1.82) is 0 Å². The molecule has 0 amide bonds.